The molecule has 0 N–H and O–H groups in total. The second-order valence-corrected chi connectivity index (χ2v) is 12.9. The molecule has 0 aromatic heterocycles. The minimum Gasteiger partial charge on any atom is -0.497 e. The molecular weight excluding hydrogens is 440 g/mol. The summed E-state index contributed by atoms with van der Waals surface area (Å²) in [5, 5.41) is 0. The van der Waals surface area contributed by atoms with Gasteiger partial charge in [-0.1, -0.05) is 38.8 Å². The molecule has 1 aromatic rings. The number of rotatable bonds is 4. The highest BCUT2D eigenvalue weighted by molar-refractivity contribution is 5.88. The second kappa shape index (κ2) is 8.29. The van der Waals surface area contributed by atoms with E-state index in [1.165, 1.54) is 25.7 Å². The maximum atomic E-state index is 13.5. The van der Waals surface area contributed by atoms with Gasteiger partial charge in [-0.3, -0.25) is 4.79 Å². The monoisotopic (exact) mass is 482 g/mol. The summed E-state index contributed by atoms with van der Waals surface area (Å²) >= 11 is 0. The number of hydrogen-bond acceptors (Lipinski definition) is 5. The Morgan fingerprint density at radius 3 is 2.43 bits per heavy atom. The molecule has 35 heavy (non-hydrogen) atoms. The van der Waals surface area contributed by atoms with E-state index in [1.54, 1.807) is 7.11 Å². The van der Waals surface area contributed by atoms with Crippen molar-refractivity contribution in [2.24, 2.45) is 34.5 Å². The van der Waals surface area contributed by atoms with E-state index in [2.05, 4.69) is 39.8 Å². The molecule has 4 saturated carbocycles. The first kappa shape index (κ1) is 23.9. The van der Waals surface area contributed by atoms with Crippen molar-refractivity contribution in [1.29, 1.82) is 0 Å². The number of ether oxygens (including phenoxy) is 4. The minimum atomic E-state index is -0.571. The summed E-state index contributed by atoms with van der Waals surface area (Å²) in [5.74, 6) is 2.23. The fraction of sp³-hybridized carbons (Fsp3) is 0.767. The first-order valence-electron chi connectivity index (χ1n) is 13.8. The Labute approximate surface area is 210 Å². The topological polar surface area (TPSA) is 54.0 Å². The number of ketones is 1. The van der Waals surface area contributed by atoms with Crippen molar-refractivity contribution in [3.63, 3.8) is 0 Å². The van der Waals surface area contributed by atoms with Gasteiger partial charge in [0.1, 0.15) is 11.5 Å². The average Bonchev–Trinajstić information content (AvgIpc) is 3.29. The lowest BCUT2D eigenvalue weighted by Crippen LogP contribution is -2.63. The van der Waals surface area contributed by atoms with Crippen LogP contribution in [0.5, 0.6) is 5.75 Å². The molecule has 5 aliphatic rings. The Bertz CT molecular complexity index is 971. The van der Waals surface area contributed by atoms with Crippen LogP contribution in [0, 0.1) is 34.5 Å². The molecule has 4 aliphatic carbocycles. The zero-order valence-corrected chi connectivity index (χ0v) is 22.0. The summed E-state index contributed by atoms with van der Waals surface area (Å²) in [6.07, 6.45) is 7.80. The molecule has 5 heteroatoms. The fourth-order valence-electron chi connectivity index (χ4n) is 9.12. The van der Waals surface area contributed by atoms with Crippen LogP contribution in [-0.2, 0) is 25.6 Å². The van der Waals surface area contributed by atoms with E-state index in [9.17, 15) is 4.79 Å². The van der Waals surface area contributed by atoms with E-state index in [0.717, 1.165) is 24.2 Å². The number of benzene rings is 1. The van der Waals surface area contributed by atoms with Gasteiger partial charge in [-0.05, 0) is 80.4 Å². The van der Waals surface area contributed by atoms with Gasteiger partial charge in [0.05, 0.1) is 32.0 Å². The lowest BCUT2D eigenvalue weighted by Gasteiger charge is -2.62. The van der Waals surface area contributed by atoms with Crippen molar-refractivity contribution >= 4 is 5.78 Å². The number of Topliss-reactive ketones (excluding diaryl/α,β-unsaturated/α-hetero) is 1. The lowest BCUT2D eigenvalue weighted by molar-refractivity contribution is -0.193. The predicted octanol–water partition coefficient (Wildman–Crippen LogP) is 5.93. The maximum Gasteiger partial charge on any atom is 0.163 e. The number of carbonyl (C=O) groups is 1. The number of methoxy groups -OCH3 is 1. The highest BCUT2D eigenvalue weighted by Crippen LogP contribution is 2.68. The van der Waals surface area contributed by atoms with E-state index in [4.69, 9.17) is 18.9 Å². The van der Waals surface area contributed by atoms with E-state index < -0.39 is 5.79 Å². The molecule has 1 heterocycles. The van der Waals surface area contributed by atoms with Crippen LogP contribution in [-0.4, -0.2) is 37.0 Å². The Morgan fingerprint density at radius 2 is 1.69 bits per heavy atom. The van der Waals surface area contributed by atoms with Gasteiger partial charge >= 0.3 is 0 Å². The second-order valence-electron chi connectivity index (χ2n) is 12.9. The molecule has 0 radical (unpaired) electrons. The van der Waals surface area contributed by atoms with Crippen LogP contribution in [0.1, 0.15) is 78.2 Å². The molecule has 6 rings (SSSR count). The minimum absolute atomic E-state index is 0.0498. The molecule has 1 saturated heterocycles. The standard InChI is InChI=1S/C30H42O5/c1-28(2)34-26-21-8-6-7-14-29(21,3)20-13-15-30(4)23(31)16-22(25(30)24(20)27(26)35-28)33-17-18-9-11-19(32-5)12-10-18/h9-12,20-22,24-27H,6-8,13-17H2,1-5H3/t20?,21?,22?,24?,25?,26?,27?,29-,30-/m1/s1. The number of fused-ring (bicyclic) bond motifs is 8. The summed E-state index contributed by atoms with van der Waals surface area (Å²) in [6.45, 7) is 9.41. The van der Waals surface area contributed by atoms with E-state index in [0.29, 0.717) is 36.6 Å². The predicted molar refractivity (Wildman–Crippen MR) is 133 cm³/mol. The molecule has 7 unspecified atom stereocenters. The molecule has 5 fully saturated rings. The summed E-state index contributed by atoms with van der Waals surface area (Å²) in [4.78, 5) is 13.5. The zero-order valence-electron chi connectivity index (χ0n) is 22.0. The van der Waals surface area contributed by atoms with Crippen molar-refractivity contribution in [1.82, 2.24) is 0 Å². The summed E-state index contributed by atoms with van der Waals surface area (Å²) < 4.78 is 25.3. The third-order valence-corrected chi connectivity index (χ3v) is 10.8. The molecule has 0 amide bonds. The number of carbonyl (C=O) groups excluding carboxylic acids is 1. The lowest BCUT2D eigenvalue weighted by atomic mass is 9.44. The van der Waals surface area contributed by atoms with Gasteiger partial charge in [0.25, 0.3) is 0 Å². The Balaban J connectivity index is 1.34. The van der Waals surface area contributed by atoms with E-state index in [1.807, 2.05) is 12.1 Å². The van der Waals surface area contributed by atoms with Crippen molar-refractivity contribution in [3.05, 3.63) is 29.8 Å². The summed E-state index contributed by atoms with van der Waals surface area (Å²) in [5.41, 5.74) is 1.03. The Hall–Kier alpha value is -1.43. The van der Waals surface area contributed by atoms with Gasteiger partial charge in [0, 0.05) is 17.8 Å². The van der Waals surface area contributed by atoms with Crippen LogP contribution < -0.4 is 4.74 Å². The van der Waals surface area contributed by atoms with E-state index in [-0.39, 0.29) is 35.1 Å². The zero-order chi connectivity index (χ0) is 24.6. The van der Waals surface area contributed by atoms with Gasteiger partial charge < -0.3 is 18.9 Å². The van der Waals surface area contributed by atoms with Gasteiger partial charge in [0.2, 0.25) is 0 Å². The van der Waals surface area contributed by atoms with Crippen molar-refractivity contribution in [2.75, 3.05) is 7.11 Å². The fourth-order valence-corrected chi connectivity index (χ4v) is 9.12. The smallest absolute Gasteiger partial charge is 0.163 e. The summed E-state index contributed by atoms with van der Waals surface area (Å²) in [6, 6.07) is 8.06. The Morgan fingerprint density at radius 1 is 0.943 bits per heavy atom. The third kappa shape index (κ3) is 3.63. The normalized spacial score (nSPS) is 45.9. The first-order chi connectivity index (χ1) is 16.7. The van der Waals surface area contributed by atoms with Crippen LogP contribution in [0.2, 0.25) is 0 Å². The Kier molecular flexibility index (Phi) is 5.67. The number of hydrogen-bond donors (Lipinski definition) is 0. The molecule has 0 spiro atoms. The third-order valence-electron chi connectivity index (χ3n) is 10.8. The first-order valence-corrected chi connectivity index (χ1v) is 13.8. The van der Waals surface area contributed by atoms with Crippen LogP contribution in [0.15, 0.2) is 24.3 Å². The molecule has 192 valence electrons. The van der Waals surface area contributed by atoms with Gasteiger partial charge in [-0.25, -0.2) is 0 Å². The maximum absolute atomic E-state index is 13.5. The molecule has 9 atom stereocenters. The highest BCUT2D eigenvalue weighted by atomic mass is 16.8. The van der Waals surface area contributed by atoms with Crippen molar-refractivity contribution in [3.8, 4) is 5.75 Å². The van der Waals surface area contributed by atoms with E-state index >= 15 is 0 Å². The van der Waals surface area contributed by atoms with Crippen LogP contribution in [0.3, 0.4) is 0 Å². The quantitative estimate of drug-likeness (QED) is 0.532. The average molecular weight is 483 g/mol. The molecule has 0 bridgehead atoms. The molecule has 1 aliphatic heterocycles. The SMILES string of the molecule is COc1ccc(COC2CC(=O)[C@@]3(C)CCC4C(C5OC(C)(C)OC5C5CCCC[C@@]54C)C23)cc1. The van der Waals surface area contributed by atoms with Gasteiger partial charge in [-0.15, -0.1) is 0 Å². The van der Waals surface area contributed by atoms with Crippen LogP contribution in [0.4, 0.5) is 0 Å². The van der Waals surface area contributed by atoms with Gasteiger partial charge in [0.15, 0.2) is 5.79 Å². The highest BCUT2D eigenvalue weighted by Gasteiger charge is 2.70. The van der Waals surface area contributed by atoms with Crippen LogP contribution >= 0.6 is 0 Å². The van der Waals surface area contributed by atoms with Gasteiger partial charge in [-0.2, -0.15) is 0 Å². The summed E-state index contributed by atoms with van der Waals surface area (Å²) in [7, 11) is 1.68. The van der Waals surface area contributed by atoms with Crippen molar-refractivity contribution in [2.45, 2.75) is 103 Å². The molecule has 1 aromatic carbocycles. The molecule has 5 nitrogen and oxygen atoms in total. The largest absolute Gasteiger partial charge is 0.497 e. The molecular formula is C30H42O5. The van der Waals surface area contributed by atoms with Crippen LogP contribution in [0.25, 0.3) is 0 Å². The van der Waals surface area contributed by atoms with Crippen molar-refractivity contribution < 1.29 is 23.7 Å².